The van der Waals surface area contributed by atoms with Crippen molar-refractivity contribution in [1.82, 2.24) is 14.6 Å². The Bertz CT molecular complexity index is 1000. The molecule has 11 heteroatoms. The molecule has 30 heavy (non-hydrogen) atoms. The Balaban J connectivity index is 1.79. The largest absolute Gasteiger partial charge is 0.401 e. The van der Waals surface area contributed by atoms with Crippen molar-refractivity contribution in [2.24, 2.45) is 11.6 Å². The first-order valence-electron chi connectivity index (χ1n) is 9.28. The van der Waals surface area contributed by atoms with Gasteiger partial charge in [0.1, 0.15) is 18.3 Å². The molecule has 11 nitrogen and oxygen atoms in total. The van der Waals surface area contributed by atoms with Gasteiger partial charge in [0.25, 0.3) is 5.56 Å². The molecule has 0 spiro atoms. The van der Waals surface area contributed by atoms with Gasteiger partial charge in [-0.15, -0.1) is 0 Å². The van der Waals surface area contributed by atoms with Crippen LogP contribution in [0.3, 0.4) is 0 Å². The molecule has 162 valence electrons. The van der Waals surface area contributed by atoms with Crippen LogP contribution >= 0.6 is 0 Å². The van der Waals surface area contributed by atoms with Crippen LogP contribution in [0.15, 0.2) is 58.0 Å². The van der Waals surface area contributed by atoms with Crippen LogP contribution in [-0.4, -0.2) is 54.8 Å². The summed E-state index contributed by atoms with van der Waals surface area (Å²) in [5.41, 5.74) is 5.91. The van der Waals surface area contributed by atoms with E-state index in [1.54, 1.807) is 0 Å². The lowest BCUT2D eigenvalue weighted by Gasteiger charge is -2.18. The third-order valence-electron chi connectivity index (χ3n) is 4.77. The first-order chi connectivity index (χ1) is 14.3. The quantitative estimate of drug-likeness (QED) is 0.216. The van der Waals surface area contributed by atoms with Crippen LogP contribution in [-0.2, 0) is 17.7 Å². The Labute approximate surface area is 171 Å². The zero-order valence-electron chi connectivity index (χ0n) is 16.1. The molecule has 1 aliphatic rings. The number of allylic oxidation sites excluding steroid dienone is 1. The lowest BCUT2D eigenvalue weighted by Crippen LogP contribution is -2.39. The van der Waals surface area contributed by atoms with E-state index in [0.717, 1.165) is 10.1 Å². The Kier molecular flexibility index (Phi) is 6.70. The predicted molar refractivity (Wildman–Crippen MR) is 106 cm³/mol. The number of benzene rings is 1. The number of ether oxygens (including phenoxy) is 1. The van der Waals surface area contributed by atoms with Crippen molar-refractivity contribution < 1.29 is 20.1 Å². The molecule has 0 amide bonds. The van der Waals surface area contributed by atoms with Crippen molar-refractivity contribution in [2.75, 3.05) is 6.61 Å². The summed E-state index contributed by atoms with van der Waals surface area (Å²) in [5, 5.41) is 30.6. The summed E-state index contributed by atoms with van der Waals surface area (Å²) in [5.74, 6) is 5.95. The van der Waals surface area contributed by atoms with Gasteiger partial charge in [0.15, 0.2) is 6.23 Å². The molecular weight excluding hydrogens is 394 g/mol. The minimum Gasteiger partial charge on any atom is -0.401 e. The van der Waals surface area contributed by atoms with E-state index in [0.29, 0.717) is 6.54 Å². The van der Waals surface area contributed by atoms with Gasteiger partial charge in [-0.05, 0) is 5.56 Å². The van der Waals surface area contributed by atoms with Gasteiger partial charge in [0.05, 0.1) is 13.2 Å². The molecule has 4 atom stereocenters. The van der Waals surface area contributed by atoms with Crippen molar-refractivity contribution in [3.63, 3.8) is 0 Å². The maximum atomic E-state index is 12.2. The highest BCUT2D eigenvalue weighted by Crippen LogP contribution is 2.28. The molecule has 2 heterocycles. The number of H-pyrrole nitrogens is 1. The van der Waals surface area contributed by atoms with E-state index in [4.69, 9.17) is 16.3 Å². The number of hydrazine groups is 1. The maximum absolute atomic E-state index is 12.2. The van der Waals surface area contributed by atoms with Crippen LogP contribution < -0.4 is 22.8 Å². The standard InChI is InChI=1S/C19H25N5O6/c20-13(9-23(21)7-11-4-2-1-3-5-11)6-12-8-24(19(29)22-17(12)28)18-16(27)15(26)14(10-25)30-18/h1-5,8-9,14-16,18,25-27H,6-7,10,20-21H2,(H,22,28,29)/b13-9-. The van der Waals surface area contributed by atoms with E-state index < -0.39 is 42.4 Å². The van der Waals surface area contributed by atoms with Crippen molar-refractivity contribution in [2.45, 2.75) is 37.5 Å². The third-order valence-corrected chi connectivity index (χ3v) is 4.77. The number of hydrogen-bond acceptors (Lipinski definition) is 9. The highest BCUT2D eigenvalue weighted by atomic mass is 16.6. The molecule has 1 saturated heterocycles. The average Bonchev–Trinajstić information content (AvgIpc) is 2.99. The number of aliphatic hydroxyl groups excluding tert-OH is 3. The number of aromatic amines is 1. The molecule has 1 aliphatic heterocycles. The predicted octanol–water partition coefficient (Wildman–Crippen LogP) is -2.13. The Morgan fingerprint density at radius 2 is 1.93 bits per heavy atom. The van der Waals surface area contributed by atoms with E-state index in [1.807, 2.05) is 30.3 Å². The van der Waals surface area contributed by atoms with Crippen molar-refractivity contribution in [3.05, 3.63) is 80.4 Å². The Morgan fingerprint density at radius 3 is 2.57 bits per heavy atom. The summed E-state index contributed by atoms with van der Waals surface area (Å²) in [6.07, 6.45) is -2.50. The number of nitrogens with two attached hydrogens (primary N) is 2. The molecule has 1 fully saturated rings. The maximum Gasteiger partial charge on any atom is 0.330 e. The van der Waals surface area contributed by atoms with Gasteiger partial charge in [-0.1, -0.05) is 30.3 Å². The highest BCUT2D eigenvalue weighted by Gasteiger charge is 2.43. The van der Waals surface area contributed by atoms with Crippen molar-refractivity contribution in [3.8, 4) is 0 Å². The second-order valence-electron chi connectivity index (χ2n) is 7.09. The Morgan fingerprint density at radius 1 is 1.23 bits per heavy atom. The summed E-state index contributed by atoms with van der Waals surface area (Å²) in [6.45, 7) is -0.136. The zero-order chi connectivity index (χ0) is 21.8. The number of aromatic nitrogens is 2. The molecule has 1 aromatic carbocycles. The normalized spacial score (nSPS) is 24.2. The second-order valence-corrected chi connectivity index (χ2v) is 7.09. The van der Waals surface area contributed by atoms with Gasteiger partial charge in [0.2, 0.25) is 0 Å². The molecule has 1 aromatic heterocycles. The van der Waals surface area contributed by atoms with Crippen molar-refractivity contribution in [1.29, 1.82) is 0 Å². The molecular formula is C19H25N5O6. The van der Waals surface area contributed by atoms with E-state index >= 15 is 0 Å². The van der Waals surface area contributed by atoms with E-state index in [2.05, 4.69) is 4.98 Å². The number of nitrogens with one attached hydrogen (secondary N) is 1. The molecule has 3 rings (SSSR count). The van der Waals surface area contributed by atoms with Crippen LogP contribution in [0, 0.1) is 0 Å². The van der Waals surface area contributed by atoms with Crippen LogP contribution in [0.5, 0.6) is 0 Å². The summed E-state index contributed by atoms with van der Waals surface area (Å²) in [4.78, 5) is 26.5. The smallest absolute Gasteiger partial charge is 0.330 e. The van der Waals surface area contributed by atoms with Crippen LogP contribution in [0.25, 0.3) is 0 Å². The van der Waals surface area contributed by atoms with Gasteiger partial charge >= 0.3 is 5.69 Å². The van der Waals surface area contributed by atoms with E-state index in [9.17, 15) is 24.9 Å². The van der Waals surface area contributed by atoms with Crippen LogP contribution in [0.2, 0.25) is 0 Å². The first kappa shape index (κ1) is 21.7. The molecule has 8 N–H and O–H groups in total. The van der Waals surface area contributed by atoms with Gasteiger partial charge in [-0.25, -0.2) is 10.6 Å². The van der Waals surface area contributed by atoms with Crippen LogP contribution in [0.1, 0.15) is 17.4 Å². The minimum absolute atomic E-state index is 0.0209. The van der Waals surface area contributed by atoms with Gasteiger partial charge in [-0.2, -0.15) is 0 Å². The number of rotatable bonds is 7. The lowest BCUT2D eigenvalue weighted by molar-refractivity contribution is -0.0551. The Hall–Kier alpha value is -2.96. The third kappa shape index (κ3) is 4.78. The van der Waals surface area contributed by atoms with Crippen molar-refractivity contribution >= 4 is 0 Å². The average molecular weight is 419 g/mol. The molecule has 0 radical (unpaired) electrons. The topological polar surface area (TPSA) is 180 Å². The van der Waals surface area contributed by atoms with Gasteiger partial charge < -0.3 is 30.8 Å². The van der Waals surface area contributed by atoms with E-state index in [1.165, 1.54) is 17.4 Å². The number of nitrogens with zero attached hydrogens (tertiary/aromatic N) is 2. The molecule has 0 saturated carbocycles. The van der Waals surface area contributed by atoms with E-state index in [-0.39, 0.29) is 17.7 Å². The SMILES string of the molecule is N/C(=C\N(N)Cc1ccccc1)Cc1cn(C2OC(CO)C(O)C2O)c(=O)[nH]c1=O. The fourth-order valence-electron chi connectivity index (χ4n) is 3.27. The lowest BCUT2D eigenvalue weighted by atomic mass is 10.1. The summed E-state index contributed by atoms with van der Waals surface area (Å²) in [6, 6.07) is 9.48. The fraction of sp³-hybridized carbons (Fsp3) is 0.368. The molecule has 4 unspecified atom stereocenters. The number of aliphatic hydroxyl groups is 3. The highest BCUT2D eigenvalue weighted by molar-refractivity contribution is 5.17. The monoisotopic (exact) mass is 419 g/mol. The number of hydrogen-bond donors (Lipinski definition) is 6. The van der Waals surface area contributed by atoms with Gasteiger partial charge in [-0.3, -0.25) is 14.3 Å². The first-order valence-corrected chi connectivity index (χ1v) is 9.28. The zero-order valence-corrected chi connectivity index (χ0v) is 16.1. The fourth-order valence-corrected chi connectivity index (χ4v) is 3.27. The summed E-state index contributed by atoms with van der Waals surface area (Å²) in [7, 11) is 0. The summed E-state index contributed by atoms with van der Waals surface area (Å²) >= 11 is 0. The van der Waals surface area contributed by atoms with Gasteiger partial charge in [0, 0.05) is 30.1 Å². The second kappa shape index (κ2) is 9.24. The molecule has 2 aromatic rings. The molecule has 0 bridgehead atoms. The summed E-state index contributed by atoms with van der Waals surface area (Å²) < 4.78 is 6.31. The molecule has 0 aliphatic carbocycles. The van der Waals surface area contributed by atoms with Crippen LogP contribution in [0.4, 0.5) is 0 Å². The minimum atomic E-state index is -1.46.